The Hall–Kier alpha value is -0.0831. The van der Waals surface area contributed by atoms with E-state index in [1.54, 1.807) is 0 Å². The molecule has 0 saturated carbocycles. The Labute approximate surface area is 72.2 Å². The monoisotopic (exact) mass is 171 g/mol. The molecule has 0 fully saturated rings. The lowest BCUT2D eigenvalue weighted by Crippen LogP contribution is -2.41. The third-order valence-electron chi connectivity index (χ3n) is 2.13. The molecule has 0 aromatic carbocycles. The third kappa shape index (κ3) is 4.38. The van der Waals surface area contributed by atoms with Gasteiger partial charge in [0, 0.05) is 0 Å². The van der Waals surface area contributed by atoms with Crippen molar-refractivity contribution in [3.05, 3.63) is 11.8 Å². The lowest BCUT2D eigenvalue weighted by molar-refractivity contribution is 0.632. The Morgan fingerprint density at radius 1 is 1.27 bits per heavy atom. The molecule has 0 rings (SSSR count). The van der Waals surface area contributed by atoms with Crippen LogP contribution in [0.3, 0.4) is 0 Å². The van der Waals surface area contributed by atoms with Crippen molar-refractivity contribution >= 4 is 8.24 Å². The first-order valence-electron chi connectivity index (χ1n) is 4.36. The van der Waals surface area contributed by atoms with Gasteiger partial charge in [0.05, 0.1) is 0 Å². The maximum Gasteiger partial charge on any atom is 0.146 e. The average Bonchev–Trinajstić information content (AvgIpc) is 1.88. The van der Waals surface area contributed by atoms with Crippen molar-refractivity contribution in [2.45, 2.75) is 32.9 Å². The van der Waals surface area contributed by atoms with Crippen molar-refractivity contribution in [1.82, 2.24) is 4.57 Å². The van der Waals surface area contributed by atoms with Crippen LogP contribution in [-0.4, -0.2) is 26.9 Å². The Bertz CT molecular complexity index is 128. The highest BCUT2D eigenvalue weighted by Gasteiger charge is 2.18. The van der Waals surface area contributed by atoms with Gasteiger partial charge in [0.1, 0.15) is 8.24 Å². The largest absolute Gasteiger partial charge is 0.326 e. The Kier molecular flexibility index (Phi) is 4.69. The number of rotatable bonds is 4. The summed E-state index contributed by atoms with van der Waals surface area (Å²) in [5.41, 5.74) is 2.41. The van der Waals surface area contributed by atoms with Crippen LogP contribution < -0.4 is 0 Å². The molecule has 1 nitrogen and oxygen atoms in total. The van der Waals surface area contributed by atoms with E-state index in [1.807, 2.05) is 0 Å². The van der Waals surface area contributed by atoms with Crippen LogP contribution in [0.25, 0.3) is 0 Å². The molecule has 0 N–H and O–H groups in total. The molecule has 0 heterocycles. The highest BCUT2D eigenvalue weighted by atomic mass is 28.3. The molecule has 0 aliphatic rings. The number of unbranched alkanes of at least 4 members (excludes halogenated alkanes) is 1. The molecule has 0 bridgehead atoms. The van der Waals surface area contributed by atoms with Crippen LogP contribution in [0.15, 0.2) is 11.8 Å². The first-order chi connectivity index (χ1) is 5.00. The molecule has 0 aromatic rings. The van der Waals surface area contributed by atoms with Crippen molar-refractivity contribution < 1.29 is 0 Å². The SMILES string of the molecule is CCCC=C[Si](C)(C)N(C)C. The lowest BCUT2D eigenvalue weighted by Gasteiger charge is -2.26. The van der Waals surface area contributed by atoms with E-state index < -0.39 is 8.24 Å². The zero-order valence-corrected chi connectivity index (χ0v) is 9.52. The van der Waals surface area contributed by atoms with Crippen molar-refractivity contribution in [3.8, 4) is 0 Å². The van der Waals surface area contributed by atoms with Gasteiger partial charge >= 0.3 is 0 Å². The van der Waals surface area contributed by atoms with Crippen LogP contribution in [-0.2, 0) is 0 Å². The van der Waals surface area contributed by atoms with Gasteiger partial charge in [0.15, 0.2) is 0 Å². The Balaban J connectivity index is 3.90. The van der Waals surface area contributed by atoms with Gasteiger partial charge in [0.2, 0.25) is 0 Å². The standard InChI is InChI=1S/C9H21NSi/c1-6-7-8-9-11(4,5)10(2)3/h8-9H,6-7H2,1-5H3. The maximum atomic E-state index is 2.41. The predicted octanol–water partition coefficient (Wildman–Crippen LogP) is 2.65. The van der Waals surface area contributed by atoms with Crippen LogP contribution in [0.5, 0.6) is 0 Å². The predicted molar refractivity (Wildman–Crippen MR) is 55.2 cm³/mol. The first-order valence-corrected chi connectivity index (χ1v) is 7.38. The summed E-state index contributed by atoms with van der Waals surface area (Å²) in [4.78, 5) is 0. The summed E-state index contributed by atoms with van der Waals surface area (Å²) in [6, 6.07) is 0. The topological polar surface area (TPSA) is 3.24 Å². The molecule has 0 aliphatic heterocycles. The summed E-state index contributed by atoms with van der Waals surface area (Å²) in [6.45, 7) is 6.94. The van der Waals surface area contributed by atoms with E-state index in [4.69, 9.17) is 0 Å². The summed E-state index contributed by atoms with van der Waals surface area (Å²) < 4.78 is 2.36. The molecule has 66 valence electrons. The summed E-state index contributed by atoms with van der Waals surface area (Å²) in [5.74, 6) is 0. The normalized spacial score (nSPS) is 13.3. The quantitative estimate of drug-likeness (QED) is 0.588. The van der Waals surface area contributed by atoms with Crippen LogP contribution in [0.1, 0.15) is 19.8 Å². The molecule has 0 spiro atoms. The number of hydrogen-bond acceptors (Lipinski definition) is 1. The highest BCUT2D eigenvalue weighted by molar-refractivity contribution is 6.79. The second kappa shape index (κ2) is 4.73. The molecular formula is C9H21NSi. The summed E-state index contributed by atoms with van der Waals surface area (Å²) >= 11 is 0. The number of allylic oxidation sites excluding steroid dienone is 1. The fourth-order valence-electron chi connectivity index (χ4n) is 0.687. The zero-order chi connectivity index (χ0) is 8.91. The van der Waals surface area contributed by atoms with Crippen LogP contribution in [0.2, 0.25) is 13.1 Å². The van der Waals surface area contributed by atoms with Crippen LogP contribution in [0.4, 0.5) is 0 Å². The van der Waals surface area contributed by atoms with Gasteiger partial charge in [-0.2, -0.15) is 0 Å². The van der Waals surface area contributed by atoms with E-state index >= 15 is 0 Å². The second-order valence-electron chi connectivity index (χ2n) is 3.74. The van der Waals surface area contributed by atoms with Gasteiger partial charge in [-0.3, -0.25) is 0 Å². The Morgan fingerprint density at radius 3 is 2.18 bits per heavy atom. The molecule has 0 radical (unpaired) electrons. The minimum Gasteiger partial charge on any atom is -0.326 e. The van der Waals surface area contributed by atoms with Gasteiger partial charge in [-0.05, 0) is 20.5 Å². The zero-order valence-electron chi connectivity index (χ0n) is 8.52. The Morgan fingerprint density at radius 2 is 1.82 bits per heavy atom. The third-order valence-corrected chi connectivity index (χ3v) is 5.49. The average molecular weight is 171 g/mol. The van der Waals surface area contributed by atoms with E-state index in [1.165, 1.54) is 12.8 Å². The minimum atomic E-state index is -1.17. The summed E-state index contributed by atoms with van der Waals surface area (Å²) in [7, 11) is 3.17. The van der Waals surface area contributed by atoms with Gasteiger partial charge < -0.3 is 4.57 Å². The maximum absolute atomic E-state index is 2.41. The van der Waals surface area contributed by atoms with Crippen LogP contribution >= 0.6 is 0 Å². The number of nitrogens with zero attached hydrogens (tertiary/aromatic N) is 1. The first kappa shape index (κ1) is 10.9. The fourth-order valence-corrected chi connectivity index (χ4v) is 1.73. The highest BCUT2D eigenvalue weighted by Crippen LogP contribution is 2.07. The number of hydrogen-bond donors (Lipinski definition) is 0. The van der Waals surface area contributed by atoms with E-state index in [0.717, 1.165) is 0 Å². The van der Waals surface area contributed by atoms with Crippen molar-refractivity contribution in [2.75, 3.05) is 14.1 Å². The summed E-state index contributed by atoms with van der Waals surface area (Å²) in [6.07, 6.45) is 4.81. The van der Waals surface area contributed by atoms with E-state index in [9.17, 15) is 0 Å². The molecule has 0 aromatic heterocycles. The van der Waals surface area contributed by atoms with Gasteiger partial charge in [-0.1, -0.05) is 38.2 Å². The minimum absolute atomic E-state index is 1.17. The lowest BCUT2D eigenvalue weighted by atomic mass is 10.3. The molecule has 0 amide bonds. The van der Waals surface area contributed by atoms with Crippen molar-refractivity contribution in [2.24, 2.45) is 0 Å². The summed E-state index contributed by atoms with van der Waals surface area (Å²) in [5, 5.41) is 0. The van der Waals surface area contributed by atoms with Gasteiger partial charge in [-0.15, -0.1) is 0 Å². The smallest absolute Gasteiger partial charge is 0.146 e. The van der Waals surface area contributed by atoms with Crippen molar-refractivity contribution in [3.63, 3.8) is 0 Å². The molecular weight excluding hydrogens is 150 g/mol. The molecule has 0 aliphatic carbocycles. The molecule has 0 unspecified atom stereocenters. The second-order valence-corrected chi connectivity index (χ2v) is 8.27. The fraction of sp³-hybridized carbons (Fsp3) is 0.778. The van der Waals surface area contributed by atoms with Gasteiger partial charge in [0.25, 0.3) is 0 Å². The van der Waals surface area contributed by atoms with E-state index in [0.29, 0.717) is 0 Å². The molecule has 11 heavy (non-hydrogen) atoms. The van der Waals surface area contributed by atoms with Gasteiger partial charge in [-0.25, -0.2) is 0 Å². The van der Waals surface area contributed by atoms with E-state index in [2.05, 4.69) is 50.5 Å². The molecule has 0 saturated heterocycles. The van der Waals surface area contributed by atoms with E-state index in [-0.39, 0.29) is 0 Å². The van der Waals surface area contributed by atoms with Crippen LogP contribution in [0, 0.1) is 0 Å². The van der Waals surface area contributed by atoms with Crippen molar-refractivity contribution in [1.29, 1.82) is 0 Å². The molecule has 0 atom stereocenters. The molecule has 2 heteroatoms.